The number of hydrogen-bond donors (Lipinski definition) is 4. The minimum Gasteiger partial charge on any atom is -0.530 e. The van der Waals surface area contributed by atoms with Gasteiger partial charge in [0.05, 0.1) is 14.2 Å². The highest BCUT2D eigenvalue weighted by Crippen LogP contribution is 2.29. The fourth-order valence-corrected chi connectivity index (χ4v) is 2.53. The number of methoxy groups -OCH3 is 2. The number of ether oxygens (including phenoxy) is 2. The van der Waals surface area contributed by atoms with Crippen LogP contribution in [0.15, 0.2) is 24.3 Å². The normalized spacial score (nSPS) is 10.4. The van der Waals surface area contributed by atoms with Gasteiger partial charge in [-0.25, -0.2) is 0 Å². The molecule has 0 fully saturated rings. The van der Waals surface area contributed by atoms with Gasteiger partial charge >= 0.3 is 14.2 Å². The van der Waals surface area contributed by atoms with E-state index in [1.807, 2.05) is 0 Å². The highest BCUT2D eigenvalue weighted by Gasteiger charge is 2.30. The molecule has 0 radical (unpaired) electrons. The van der Waals surface area contributed by atoms with Gasteiger partial charge in [0.25, 0.3) is 0 Å². The SMILES string of the molecule is COc1cc(C)cc(B(O)Oc2c(OC)cc(C)cc2B(O)O)c1O. The molecule has 7 nitrogen and oxygen atoms in total. The molecule has 25 heavy (non-hydrogen) atoms. The third-order valence-corrected chi connectivity index (χ3v) is 3.69. The lowest BCUT2D eigenvalue weighted by molar-refractivity contribution is 0.365. The van der Waals surface area contributed by atoms with Crippen LogP contribution in [0, 0.1) is 13.8 Å². The van der Waals surface area contributed by atoms with Crippen LogP contribution in [0.1, 0.15) is 11.1 Å². The largest absolute Gasteiger partial charge is 0.564 e. The Balaban J connectivity index is 2.48. The molecule has 0 bridgehead atoms. The number of aromatic hydroxyl groups is 1. The van der Waals surface area contributed by atoms with Crippen molar-refractivity contribution in [2.24, 2.45) is 0 Å². The number of benzene rings is 2. The van der Waals surface area contributed by atoms with Crippen LogP contribution in [0.4, 0.5) is 0 Å². The Labute approximate surface area is 146 Å². The van der Waals surface area contributed by atoms with Crippen molar-refractivity contribution in [3.8, 4) is 23.0 Å². The van der Waals surface area contributed by atoms with Gasteiger partial charge in [-0.3, -0.25) is 0 Å². The second kappa shape index (κ2) is 7.69. The van der Waals surface area contributed by atoms with E-state index in [2.05, 4.69) is 0 Å². The fraction of sp³-hybridized carbons (Fsp3) is 0.250. The zero-order chi connectivity index (χ0) is 18.7. The Morgan fingerprint density at radius 3 is 1.84 bits per heavy atom. The minimum absolute atomic E-state index is 0.0320. The van der Waals surface area contributed by atoms with E-state index in [1.54, 1.807) is 26.0 Å². The molecule has 0 aliphatic carbocycles. The van der Waals surface area contributed by atoms with Gasteiger partial charge in [0.15, 0.2) is 17.2 Å². The molecule has 9 heteroatoms. The van der Waals surface area contributed by atoms with Gasteiger partial charge in [-0.15, -0.1) is 0 Å². The maximum atomic E-state index is 10.4. The summed E-state index contributed by atoms with van der Waals surface area (Å²) in [4.78, 5) is 0. The lowest BCUT2D eigenvalue weighted by atomic mass is 9.75. The second-order valence-electron chi connectivity index (χ2n) is 5.63. The molecule has 132 valence electrons. The average Bonchev–Trinajstić information content (AvgIpc) is 2.57. The van der Waals surface area contributed by atoms with E-state index in [4.69, 9.17) is 14.1 Å². The third kappa shape index (κ3) is 4.01. The topological polar surface area (TPSA) is 109 Å². The zero-order valence-electron chi connectivity index (χ0n) is 14.5. The first-order valence-electron chi connectivity index (χ1n) is 7.55. The summed E-state index contributed by atoms with van der Waals surface area (Å²) in [5, 5.41) is 39.8. The van der Waals surface area contributed by atoms with Crippen molar-refractivity contribution in [3.63, 3.8) is 0 Å². The first kappa shape index (κ1) is 19.0. The van der Waals surface area contributed by atoms with E-state index in [1.165, 1.54) is 26.4 Å². The first-order chi connectivity index (χ1) is 11.8. The number of rotatable bonds is 6. The predicted octanol–water partition coefficient (Wildman–Crippen LogP) is -0.527. The fourth-order valence-electron chi connectivity index (χ4n) is 2.53. The van der Waals surface area contributed by atoms with Crippen molar-refractivity contribution in [3.05, 3.63) is 35.4 Å². The van der Waals surface area contributed by atoms with E-state index in [-0.39, 0.29) is 33.9 Å². The number of phenolic OH excluding ortho intramolecular Hbond substituents is 1. The van der Waals surface area contributed by atoms with Crippen LogP contribution in [0.25, 0.3) is 0 Å². The minimum atomic E-state index is -1.82. The smallest absolute Gasteiger partial charge is 0.530 e. The summed E-state index contributed by atoms with van der Waals surface area (Å²) < 4.78 is 15.8. The standard InChI is InChI=1S/C16H20B2O7/c1-9-5-11(15(19)13(7-9)23-3)18(22)25-16-12(17(20)21)6-10(2)8-14(16)24-4/h5-8,19-22H,1-4H3. The molecule has 2 aromatic carbocycles. The molecular formula is C16H20B2O7. The molecule has 0 saturated heterocycles. The molecule has 4 N–H and O–H groups in total. The van der Waals surface area contributed by atoms with Gasteiger partial charge in [-0.05, 0) is 37.1 Å². The lowest BCUT2D eigenvalue weighted by Gasteiger charge is -2.19. The van der Waals surface area contributed by atoms with Crippen LogP contribution in [0.3, 0.4) is 0 Å². The van der Waals surface area contributed by atoms with Crippen molar-refractivity contribution in [1.82, 2.24) is 0 Å². The monoisotopic (exact) mass is 346 g/mol. The highest BCUT2D eigenvalue weighted by molar-refractivity contribution is 6.63. The maximum Gasteiger partial charge on any atom is 0.564 e. The third-order valence-electron chi connectivity index (χ3n) is 3.69. The van der Waals surface area contributed by atoms with Crippen LogP contribution in [-0.4, -0.2) is 48.6 Å². The molecule has 0 aliphatic heterocycles. The van der Waals surface area contributed by atoms with Gasteiger partial charge in [0.2, 0.25) is 0 Å². The van der Waals surface area contributed by atoms with Crippen LogP contribution in [0.2, 0.25) is 0 Å². The van der Waals surface area contributed by atoms with E-state index in [0.29, 0.717) is 0 Å². The van der Waals surface area contributed by atoms with Crippen molar-refractivity contribution in [2.75, 3.05) is 14.2 Å². The number of phenols is 1. The molecule has 2 aromatic rings. The second-order valence-corrected chi connectivity index (χ2v) is 5.63. The Morgan fingerprint density at radius 2 is 1.32 bits per heavy atom. The highest BCUT2D eigenvalue weighted by atomic mass is 16.5. The van der Waals surface area contributed by atoms with E-state index >= 15 is 0 Å². The summed E-state index contributed by atoms with van der Waals surface area (Å²) in [5.74, 6) is 0.116. The molecule has 0 atom stereocenters. The quantitative estimate of drug-likeness (QED) is 0.521. The van der Waals surface area contributed by atoms with Crippen LogP contribution in [0.5, 0.6) is 23.0 Å². The molecule has 0 heterocycles. The van der Waals surface area contributed by atoms with Gasteiger partial charge in [-0.1, -0.05) is 12.1 Å². The number of hydrogen-bond acceptors (Lipinski definition) is 7. The van der Waals surface area contributed by atoms with E-state index in [0.717, 1.165) is 11.1 Å². The summed E-state index contributed by atoms with van der Waals surface area (Å²) in [6.45, 7) is 3.53. The van der Waals surface area contributed by atoms with Crippen molar-refractivity contribution in [1.29, 1.82) is 0 Å². The maximum absolute atomic E-state index is 10.4. The van der Waals surface area contributed by atoms with Crippen LogP contribution in [-0.2, 0) is 0 Å². The zero-order valence-corrected chi connectivity index (χ0v) is 14.5. The van der Waals surface area contributed by atoms with Gasteiger partial charge in [0, 0.05) is 10.9 Å². The molecule has 0 aliphatic rings. The van der Waals surface area contributed by atoms with Gasteiger partial charge in [0.1, 0.15) is 5.75 Å². The van der Waals surface area contributed by atoms with Gasteiger partial charge < -0.3 is 34.3 Å². The first-order valence-corrected chi connectivity index (χ1v) is 7.55. The molecule has 0 amide bonds. The van der Waals surface area contributed by atoms with E-state index in [9.17, 15) is 20.2 Å². The Kier molecular flexibility index (Phi) is 5.84. The Hall–Kier alpha value is -2.35. The van der Waals surface area contributed by atoms with Crippen molar-refractivity contribution < 1.29 is 34.3 Å². The lowest BCUT2D eigenvalue weighted by Crippen LogP contribution is -2.41. The van der Waals surface area contributed by atoms with Gasteiger partial charge in [-0.2, -0.15) is 0 Å². The molecule has 2 rings (SSSR count). The average molecular weight is 346 g/mol. The predicted molar refractivity (Wildman–Crippen MR) is 95.2 cm³/mol. The molecular weight excluding hydrogens is 326 g/mol. The summed E-state index contributed by atoms with van der Waals surface area (Å²) >= 11 is 0. The Morgan fingerprint density at radius 1 is 0.800 bits per heavy atom. The number of aryl methyl sites for hydroxylation is 2. The molecule has 0 spiro atoms. The molecule has 0 unspecified atom stereocenters. The van der Waals surface area contributed by atoms with Crippen LogP contribution < -0.4 is 25.1 Å². The summed E-state index contributed by atoms with van der Waals surface area (Å²) in [6.07, 6.45) is 0. The van der Waals surface area contributed by atoms with E-state index < -0.39 is 14.2 Å². The Bertz CT molecular complexity index is 765. The summed E-state index contributed by atoms with van der Waals surface area (Å²) in [6, 6.07) is 6.29. The van der Waals surface area contributed by atoms with Crippen molar-refractivity contribution >= 4 is 25.2 Å². The van der Waals surface area contributed by atoms with Crippen molar-refractivity contribution in [2.45, 2.75) is 13.8 Å². The molecule has 0 aromatic heterocycles. The summed E-state index contributed by atoms with van der Waals surface area (Å²) in [5.41, 5.74) is 1.58. The molecule has 0 saturated carbocycles. The van der Waals surface area contributed by atoms with Crippen LogP contribution >= 0.6 is 0 Å². The summed E-state index contributed by atoms with van der Waals surface area (Å²) in [7, 11) is -0.608.